The summed E-state index contributed by atoms with van der Waals surface area (Å²) in [5.41, 5.74) is 2.91. The van der Waals surface area contributed by atoms with Gasteiger partial charge in [0.1, 0.15) is 5.69 Å². The molecule has 0 radical (unpaired) electrons. The summed E-state index contributed by atoms with van der Waals surface area (Å²) in [5, 5.41) is 0. The van der Waals surface area contributed by atoms with Gasteiger partial charge in [0.05, 0.1) is 0 Å². The van der Waals surface area contributed by atoms with E-state index in [2.05, 4.69) is 33.9 Å². The summed E-state index contributed by atoms with van der Waals surface area (Å²) in [6.07, 6.45) is 3.83. The molecule has 4 heteroatoms. The van der Waals surface area contributed by atoms with Crippen molar-refractivity contribution in [3.63, 3.8) is 0 Å². The molecule has 0 saturated carbocycles. The third-order valence-electron chi connectivity index (χ3n) is 3.62. The van der Waals surface area contributed by atoms with Gasteiger partial charge in [-0.05, 0) is 53.4 Å². The summed E-state index contributed by atoms with van der Waals surface area (Å²) >= 11 is 3.37. The van der Waals surface area contributed by atoms with E-state index in [0.717, 1.165) is 23.0 Å². The van der Waals surface area contributed by atoms with Crippen LogP contribution in [-0.4, -0.2) is 16.9 Å². The molecule has 0 bridgehead atoms. The van der Waals surface area contributed by atoms with E-state index in [1.165, 1.54) is 5.56 Å². The summed E-state index contributed by atoms with van der Waals surface area (Å²) in [4.78, 5) is 17.6. The van der Waals surface area contributed by atoms with Crippen LogP contribution in [-0.2, 0) is 6.42 Å². The summed E-state index contributed by atoms with van der Waals surface area (Å²) in [5.74, 6) is 0.0327. The van der Waals surface area contributed by atoms with Crippen molar-refractivity contribution in [2.24, 2.45) is 0 Å². The molecule has 0 aliphatic carbocycles. The number of amides is 1. The number of aromatic nitrogens is 1. The highest BCUT2D eigenvalue weighted by Gasteiger charge is 2.29. The quantitative estimate of drug-likeness (QED) is 0.853. The standard InChI is InChI=1S/C15H15BrN2O/c1-10-6-7-11-4-2-3-5-14(11)18(10)15(19)13-8-12(16)9-17-13/h2-5,8-10,17H,6-7H2,1H3. The van der Waals surface area contributed by atoms with E-state index in [-0.39, 0.29) is 11.9 Å². The molecule has 1 aliphatic rings. The first-order valence-electron chi connectivity index (χ1n) is 6.42. The molecule has 98 valence electrons. The van der Waals surface area contributed by atoms with Crippen LogP contribution in [0.5, 0.6) is 0 Å². The SMILES string of the molecule is CC1CCc2ccccc2N1C(=O)c1cc(Br)c[nH]1. The Kier molecular flexibility index (Phi) is 3.19. The minimum Gasteiger partial charge on any atom is -0.356 e. The highest BCUT2D eigenvalue weighted by molar-refractivity contribution is 9.10. The Balaban J connectivity index is 2.02. The molecule has 0 saturated heterocycles. The van der Waals surface area contributed by atoms with Crippen molar-refractivity contribution in [1.29, 1.82) is 0 Å². The number of hydrogen-bond acceptors (Lipinski definition) is 1. The molecule has 1 N–H and O–H groups in total. The van der Waals surface area contributed by atoms with Crippen molar-refractivity contribution in [3.05, 3.63) is 52.3 Å². The minimum absolute atomic E-state index is 0.0327. The fraction of sp³-hybridized carbons (Fsp3) is 0.267. The topological polar surface area (TPSA) is 36.1 Å². The smallest absolute Gasteiger partial charge is 0.274 e. The van der Waals surface area contributed by atoms with Crippen LogP contribution in [0.2, 0.25) is 0 Å². The maximum atomic E-state index is 12.7. The number of benzene rings is 1. The van der Waals surface area contributed by atoms with Gasteiger partial charge in [-0.3, -0.25) is 4.79 Å². The normalized spacial score (nSPS) is 18.2. The number of nitrogens with zero attached hydrogens (tertiary/aromatic N) is 1. The maximum absolute atomic E-state index is 12.7. The average Bonchev–Trinajstić information content (AvgIpc) is 2.85. The first kappa shape index (κ1) is 12.5. The molecule has 3 nitrogen and oxygen atoms in total. The molecule has 1 aromatic heterocycles. The molecule has 1 atom stereocenters. The lowest BCUT2D eigenvalue weighted by Crippen LogP contribution is -2.42. The van der Waals surface area contributed by atoms with Crippen LogP contribution in [0.1, 0.15) is 29.4 Å². The molecule has 3 rings (SSSR count). The van der Waals surface area contributed by atoms with E-state index in [1.807, 2.05) is 29.2 Å². The van der Waals surface area contributed by atoms with E-state index in [0.29, 0.717) is 5.69 Å². The number of para-hydroxylation sites is 1. The lowest BCUT2D eigenvalue weighted by atomic mass is 9.96. The van der Waals surface area contributed by atoms with Crippen molar-refractivity contribution in [3.8, 4) is 0 Å². The summed E-state index contributed by atoms with van der Waals surface area (Å²) in [7, 11) is 0. The Morgan fingerprint density at radius 3 is 2.95 bits per heavy atom. The number of anilines is 1. The lowest BCUT2D eigenvalue weighted by Gasteiger charge is -2.35. The highest BCUT2D eigenvalue weighted by atomic mass is 79.9. The predicted molar refractivity (Wildman–Crippen MR) is 79.5 cm³/mol. The first-order chi connectivity index (χ1) is 9.16. The van der Waals surface area contributed by atoms with Gasteiger partial charge in [0.25, 0.3) is 5.91 Å². The second-order valence-electron chi connectivity index (χ2n) is 4.92. The van der Waals surface area contributed by atoms with Crippen LogP contribution < -0.4 is 4.90 Å². The molecular weight excluding hydrogens is 304 g/mol. The first-order valence-corrected chi connectivity index (χ1v) is 7.21. The van der Waals surface area contributed by atoms with Crippen molar-refractivity contribution in [2.75, 3.05) is 4.90 Å². The zero-order valence-corrected chi connectivity index (χ0v) is 12.3. The number of carbonyl (C=O) groups is 1. The predicted octanol–water partition coefficient (Wildman–Crippen LogP) is 3.76. The molecule has 2 aromatic rings. The number of aryl methyl sites for hydroxylation is 1. The molecule has 1 aliphatic heterocycles. The minimum atomic E-state index is 0.0327. The monoisotopic (exact) mass is 318 g/mol. The fourth-order valence-electron chi connectivity index (χ4n) is 2.62. The number of hydrogen-bond donors (Lipinski definition) is 1. The molecule has 1 amide bonds. The van der Waals surface area contributed by atoms with Gasteiger partial charge >= 0.3 is 0 Å². The van der Waals surface area contributed by atoms with E-state index >= 15 is 0 Å². The average molecular weight is 319 g/mol. The van der Waals surface area contributed by atoms with Gasteiger partial charge in [-0.25, -0.2) is 0 Å². The van der Waals surface area contributed by atoms with Crippen LogP contribution in [0.3, 0.4) is 0 Å². The summed E-state index contributed by atoms with van der Waals surface area (Å²) in [6.45, 7) is 2.10. The number of rotatable bonds is 1. The molecule has 19 heavy (non-hydrogen) atoms. The lowest BCUT2D eigenvalue weighted by molar-refractivity contribution is 0.0971. The Labute approximate surface area is 120 Å². The third-order valence-corrected chi connectivity index (χ3v) is 4.08. The number of fused-ring (bicyclic) bond motifs is 1. The molecule has 1 aromatic carbocycles. The molecule has 0 spiro atoms. The Bertz CT molecular complexity index is 620. The Morgan fingerprint density at radius 2 is 2.21 bits per heavy atom. The number of carbonyl (C=O) groups excluding carboxylic acids is 1. The molecule has 1 unspecified atom stereocenters. The van der Waals surface area contributed by atoms with Gasteiger partial charge in [-0.2, -0.15) is 0 Å². The van der Waals surface area contributed by atoms with E-state index < -0.39 is 0 Å². The van der Waals surface area contributed by atoms with Crippen molar-refractivity contribution < 1.29 is 4.79 Å². The van der Waals surface area contributed by atoms with Crippen molar-refractivity contribution in [2.45, 2.75) is 25.8 Å². The molecule has 2 heterocycles. The maximum Gasteiger partial charge on any atom is 0.274 e. The Hall–Kier alpha value is -1.55. The summed E-state index contributed by atoms with van der Waals surface area (Å²) < 4.78 is 0.897. The van der Waals surface area contributed by atoms with Gasteiger partial charge < -0.3 is 9.88 Å². The van der Waals surface area contributed by atoms with Gasteiger partial charge in [-0.1, -0.05) is 18.2 Å². The van der Waals surface area contributed by atoms with Gasteiger partial charge in [0.2, 0.25) is 0 Å². The van der Waals surface area contributed by atoms with Crippen molar-refractivity contribution >= 4 is 27.5 Å². The Morgan fingerprint density at radius 1 is 1.42 bits per heavy atom. The van der Waals surface area contributed by atoms with E-state index in [1.54, 1.807) is 6.20 Å². The molecule has 0 fully saturated rings. The number of H-pyrrole nitrogens is 1. The largest absolute Gasteiger partial charge is 0.356 e. The number of nitrogens with one attached hydrogen (secondary N) is 1. The third kappa shape index (κ3) is 2.21. The zero-order chi connectivity index (χ0) is 13.4. The summed E-state index contributed by atoms with van der Waals surface area (Å²) in [6, 6.07) is 10.2. The fourth-order valence-corrected chi connectivity index (χ4v) is 2.96. The number of aromatic amines is 1. The highest BCUT2D eigenvalue weighted by Crippen LogP contribution is 2.31. The second-order valence-corrected chi connectivity index (χ2v) is 5.84. The van der Waals surface area contributed by atoms with Crippen LogP contribution >= 0.6 is 15.9 Å². The zero-order valence-electron chi connectivity index (χ0n) is 10.7. The van der Waals surface area contributed by atoms with E-state index in [9.17, 15) is 4.79 Å². The number of halogens is 1. The second kappa shape index (κ2) is 4.85. The van der Waals surface area contributed by atoms with Gasteiger partial charge in [0, 0.05) is 22.4 Å². The van der Waals surface area contributed by atoms with Crippen LogP contribution in [0.4, 0.5) is 5.69 Å². The van der Waals surface area contributed by atoms with Crippen LogP contribution in [0.25, 0.3) is 0 Å². The van der Waals surface area contributed by atoms with Gasteiger partial charge in [-0.15, -0.1) is 0 Å². The van der Waals surface area contributed by atoms with Gasteiger partial charge in [0.15, 0.2) is 0 Å². The van der Waals surface area contributed by atoms with E-state index in [4.69, 9.17) is 0 Å². The van der Waals surface area contributed by atoms with Crippen molar-refractivity contribution in [1.82, 2.24) is 4.98 Å². The molecular formula is C15H15BrN2O. The van der Waals surface area contributed by atoms with Crippen LogP contribution in [0.15, 0.2) is 41.0 Å². The van der Waals surface area contributed by atoms with Crippen LogP contribution in [0, 0.1) is 0 Å².